The normalized spacial score (nSPS) is 10.7. The lowest BCUT2D eigenvalue weighted by Gasteiger charge is -2.25. The van der Waals surface area contributed by atoms with Crippen molar-refractivity contribution >= 4 is 17.3 Å². The Morgan fingerprint density at radius 2 is 1.72 bits per heavy atom. The fourth-order valence-electron chi connectivity index (χ4n) is 2.50. The summed E-state index contributed by atoms with van der Waals surface area (Å²) in [5, 5.41) is 0. The van der Waals surface area contributed by atoms with Crippen LogP contribution >= 0.6 is 0 Å². The monoisotopic (exact) mass is 339 g/mol. The molecule has 1 aromatic carbocycles. The lowest BCUT2D eigenvalue weighted by molar-refractivity contribution is -0.112. The van der Waals surface area contributed by atoms with E-state index in [9.17, 15) is 9.59 Å². The van der Waals surface area contributed by atoms with Crippen LogP contribution in [-0.4, -0.2) is 18.1 Å². The van der Waals surface area contributed by atoms with E-state index in [2.05, 4.69) is 18.1 Å². The van der Waals surface area contributed by atoms with Gasteiger partial charge in [-0.15, -0.1) is 0 Å². The largest absolute Gasteiger partial charge is 0.346 e. The van der Waals surface area contributed by atoms with Crippen molar-refractivity contribution in [3.63, 3.8) is 0 Å². The molecule has 0 unspecified atom stereocenters. The van der Waals surface area contributed by atoms with Gasteiger partial charge in [0, 0.05) is 29.9 Å². The number of carbonyl (C=O) groups is 2. The van der Waals surface area contributed by atoms with Gasteiger partial charge in [0.25, 0.3) is 0 Å². The molecule has 0 aliphatic carbocycles. The molecule has 0 amide bonds. The fraction of sp³-hybridized carbons (Fsp3) is 0.364. The summed E-state index contributed by atoms with van der Waals surface area (Å²) in [7, 11) is 0. The molecule has 3 nitrogen and oxygen atoms in total. The molecule has 0 atom stereocenters. The Morgan fingerprint density at radius 3 is 2.24 bits per heavy atom. The Labute approximate surface area is 151 Å². The molecule has 0 radical (unpaired) electrons. The van der Waals surface area contributed by atoms with E-state index in [-0.39, 0.29) is 11.6 Å². The van der Waals surface area contributed by atoms with Crippen molar-refractivity contribution in [2.45, 2.75) is 46.5 Å². The smallest absolute Gasteiger partial charge is 0.162 e. The average molecular weight is 339 g/mol. The molecule has 0 aliphatic rings. The maximum Gasteiger partial charge on any atom is 0.162 e. The molecule has 134 valence electrons. The van der Waals surface area contributed by atoms with E-state index in [1.165, 1.54) is 6.92 Å². The van der Waals surface area contributed by atoms with E-state index in [0.29, 0.717) is 12.8 Å². The summed E-state index contributed by atoms with van der Waals surface area (Å²) < 4.78 is 0. The van der Waals surface area contributed by atoms with Crippen LogP contribution in [0.2, 0.25) is 0 Å². The van der Waals surface area contributed by atoms with Crippen molar-refractivity contribution in [1.82, 2.24) is 0 Å². The van der Waals surface area contributed by atoms with Gasteiger partial charge >= 0.3 is 0 Å². The number of hydrogen-bond donors (Lipinski definition) is 0. The summed E-state index contributed by atoms with van der Waals surface area (Å²) in [5.41, 5.74) is 3.79. The second kappa shape index (κ2) is 10.4. The SMILES string of the molecule is C=C(C/C=C\C(C)=O)CCN(C(=C)C)c1ccc(C(=O)CCC)cc1. The van der Waals surface area contributed by atoms with Crippen molar-refractivity contribution in [2.24, 2.45) is 0 Å². The second-order valence-corrected chi connectivity index (χ2v) is 6.32. The maximum absolute atomic E-state index is 11.9. The van der Waals surface area contributed by atoms with E-state index in [4.69, 9.17) is 0 Å². The van der Waals surface area contributed by atoms with Gasteiger partial charge in [-0.1, -0.05) is 31.7 Å². The number of allylic oxidation sites excluding steroid dienone is 3. The number of benzene rings is 1. The van der Waals surface area contributed by atoms with Crippen molar-refractivity contribution in [3.8, 4) is 0 Å². The molecule has 0 spiro atoms. The highest BCUT2D eigenvalue weighted by molar-refractivity contribution is 5.96. The first kappa shape index (κ1) is 20.6. The zero-order valence-electron chi connectivity index (χ0n) is 15.7. The zero-order valence-corrected chi connectivity index (χ0v) is 15.7. The van der Waals surface area contributed by atoms with Crippen LogP contribution in [0.25, 0.3) is 0 Å². The molecule has 1 aromatic rings. The molecule has 0 fully saturated rings. The van der Waals surface area contributed by atoms with Gasteiger partial charge in [-0.2, -0.15) is 0 Å². The number of anilines is 1. The van der Waals surface area contributed by atoms with Gasteiger partial charge in [0.2, 0.25) is 0 Å². The van der Waals surface area contributed by atoms with E-state index in [1.54, 1.807) is 6.08 Å². The van der Waals surface area contributed by atoms with Gasteiger partial charge in [-0.25, -0.2) is 0 Å². The molecule has 1 rings (SSSR count). The molecule has 0 aromatic heterocycles. The minimum Gasteiger partial charge on any atom is -0.346 e. The van der Waals surface area contributed by atoms with Gasteiger partial charge in [0.15, 0.2) is 11.6 Å². The first-order valence-electron chi connectivity index (χ1n) is 8.75. The fourth-order valence-corrected chi connectivity index (χ4v) is 2.50. The minimum absolute atomic E-state index is 0.0501. The molecule has 25 heavy (non-hydrogen) atoms. The van der Waals surface area contributed by atoms with Gasteiger partial charge in [-0.05, 0) is 63.5 Å². The van der Waals surface area contributed by atoms with Gasteiger partial charge in [0.05, 0.1) is 0 Å². The summed E-state index contributed by atoms with van der Waals surface area (Å²) in [6.45, 7) is 14.4. The van der Waals surface area contributed by atoms with E-state index >= 15 is 0 Å². The van der Waals surface area contributed by atoms with Crippen molar-refractivity contribution in [2.75, 3.05) is 11.4 Å². The number of Topliss-reactive ketones (excluding diaryl/α,β-unsaturated/α-hetero) is 1. The first-order valence-corrected chi connectivity index (χ1v) is 8.75. The number of hydrogen-bond acceptors (Lipinski definition) is 3. The zero-order chi connectivity index (χ0) is 18.8. The van der Waals surface area contributed by atoms with Crippen LogP contribution in [0.4, 0.5) is 5.69 Å². The van der Waals surface area contributed by atoms with Crippen LogP contribution in [0.3, 0.4) is 0 Å². The summed E-state index contributed by atoms with van der Waals surface area (Å²) in [5.74, 6) is 0.232. The van der Waals surface area contributed by atoms with Crippen molar-refractivity contribution in [3.05, 3.63) is 66.4 Å². The molecule has 0 heterocycles. The third-order valence-electron chi connectivity index (χ3n) is 3.89. The topological polar surface area (TPSA) is 37.4 Å². The standard InChI is InChI=1S/C22H29NO2/c1-6-8-22(25)20-11-13-21(14-12-20)23(17(2)3)16-15-18(4)9-7-10-19(5)24/h7,10-14H,2,4,6,8-9,15-16H2,1,3,5H3/b10-7-. The Hall–Kier alpha value is -2.42. The highest BCUT2D eigenvalue weighted by Gasteiger charge is 2.10. The molecule has 3 heteroatoms. The van der Waals surface area contributed by atoms with Gasteiger partial charge in [0.1, 0.15) is 0 Å². The molecule has 0 N–H and O–H groups in total. The minimum atomic E-state index is 0.0501. The van der Waals surface area contributed by atoms with Crippen LogP contribution in [0.15, 0.2) is 60.8 Å². The summed E-state index contributed by atoms with van der Waals surface area (Å²) in [6.07, 6.45) is 6.38. The Balaban J connectivity index is 2.70. The maximum atomic E-state index is 11.9. The molecule has 0 aliphatic heterocycles. The van der Waals surface area contributed by atoms with Gasteiger partial charge < -0.3 is 4.90 Å². The van der Waals surface area contributed by atoms with Crippen LogP contribution in [-0.2, 0) is 4.79 Å². The van der Waals surface area contributed by atoms with Gasteiger partial charge in [-0.3, -0.25) is 9.59 Å². The highest BCUT2D eigenvalue weighted by atomic mass is 16.1. The van der Waals surface area contributed by atoms with Crippen molar-refractivity contribution < 1.29 is 9.59 Å². The van der Waals surface area contributed by atoms with Crippen LogP contribution in [0, 0.1) is 0 Å². The van der Waals surface area contributed by atoms with Crippen LogP contribution in [0.1, 0.15) is 56.8 Å². The molecule has 0 saturated heterocycles. The molecular weight excluding hydrogens is 310 g/mol. The Kier molecular flexibility index (Phi) is 8.62. The predicted octanol–water partition coefficient (Wildman–Crippen LogP) is 5.49. The molecule has 0 saturated carbocycles. The summed E-state index contributed by atoms with van der Waals surface area (Å²) in [6, 6.07) is 7.70. The summed E-state index contributed by atoms with van der Waals surface area (Å²) in [4.78, 5) is 25.0. The predicted molar refractivity (Wildman–Crippen MR) is 106 cm³/mol. The van der Waals surface area contributed by atoms with Crippen LogP contribution < -0.4 is 4.90 Å². The second-order valence-electron chi connectivity index (χ2n) is 6.32. The Bertz CT molecular complexity index is 653. The van der Waals surface area contributed by atoms with E-state index < -0.39 is 0 Å². The highest BCUT2D eigenvalue weighted by Crippen LogP contribution is 2.21. The van der Waals surface area contributed by atoms with E-state index in [0.717, 1.165) is 41.9 Å². The lowest BCUT2D eigenvalue weighted by atomic mass is 10.1. The average Bonchev–Trinajstić information content (AvgIpc) is 2.55. The number of rotatable bonds is 11. The molecule has 0 bridgehead atoms. The van der Waals surface area contributed by atoms with Crippen molar-refractivity contribution in [1.29, 1.82) is 0 Å². The van der Waals surface area contributed by atoms with E-state index in [1.807, 2.05) is 44.2 Å². The summed E-state index contributed by atoms with van der Waals surface area (Å²) >= 11 is 0. The Morgan fingerprint density at radius 1 is 1.08 bits per heavy atom. The third-order valence-corrected chi connectivity index (χ3v) is 3.89. The quantitative estimate of drug-likeness (QED) is 0.304. The first-order chi connectivity index (χ1) is 11.8. The van der Waals surface area contributed by atoms with Crippen LogP contribution in [0.5, 0.6) is 0 Å². The number of carbonyl (C=O) groups excluding carboxylic acids is 2. The third kappa shape index (κ3) is 7.34. The lowest BCUT2D eigenvalue weighted by Crippen LogP contribution is -2.22. The number of nitrogens with zero attached hydrogens (tertiary/aromatic N) is 1. The number of ketones is 2. The molecular formula is C22H29NO2.